The fraction of sp³-hybridized carbons (Fsp3) is 0.263. The van der Waals surface area contributed by atoms with Gasteiger partial charge in [-0.05, 0) is 37.1 Å². The van der Waals surface area contributed by atoms with Gasteiger partial charge in [0.15, 0.2) is 0 Å². The van der Waals surface area contributed by atoms with Crippen molar-refractivity contribution < 1.29 is 23.8 Å². The van der Waals surface area contributed by atoms with Gasteiger partial charge in [0, 0.05) is 6.54 Å². The first-order valence-electron chi connectivity index (χ1n) is 7.81. The molecule has 0 heterocycles. The molecule has 0 aromatic heterocycles. The number of carbonyl (C=O) groups excluding carboxylic acids is 1. The highest BCUT2D eigenvalue weighted by molar-refractivity contribution is 5.94. The molecule has 0 aliphatic heterocycles. The zero-order valence-corrected chi connectivity index (χ0v) is 14.1. The molecule has 0 aliphatic carbocycles. The van der Waals surface area contributed by atoms with E-state index in [1.54, 1.807) is 37.3 Å². The van der Waals surface area contributed by atoms with E-state index in [2.05, 4.69) is 5.32 Å². The third-order valence-corrected chi connectivity index (χ3v) is 3.88. The summed E-state index contributed by atoms with van der Waals surface area (Å²) in [7, 11) is 1.51. The SMILES string of the molecule is COc1ccccc1CC(CNC(=O)c1cc(C)ccc1F)C(=O)O. The molecule has 1 atom stereocenters. The Hall–Kier alpha value is -2.89. The molecule has 0 radical (unpaired) electrons. The quantitative estimate of drug-likeness (QED) is 0.809. The summed E-state index contributed by atoms with van der Waals surface area (Å²) >= 11 is 0. The van der Waals surface area contributed by atoms with Gasteiger partial charge >= 0.3 is 5.97 Å². The van der Waals surface area contributed by atoms with E-state index in [0.717, 1.165) is 11.1 Å². The molecule has 2 N–H and O–H groups in total. The van der Waals surface area contributed by atoms with Gasteiger partial charge in [-0.2, -0.15) is 0 Å². The fourth-order valence-corrected chi connectivity index (χ4v) is 2.51. The molecule has 2 aromatic rings. The van der Waals surface area contributed by atoms with E-state index in [-0.39, 0.29) is 18.5 Å². The van der Waals surface area contributed by atoms with E-state index < -0.39 is 23.6 Å². The number of methoxy groups -OCH3 is 1. The van der Waals surface area contributed by atoms with Crippen LogP contribution in [0, 0.1) is 18.7 Å². The van der Waals surface area contributed by atoms with Crippen LogP contribution in [0.5, 0.6) is 5.75 Å². The van der Waals surface area contributed by atoms with E-state index in [1.165, 1.54) is 19.2 Å². The van der Waals surface area contributed by atoms with Gasteiger partial charge in [-0.25, -0.2) is 4.39 Å². The van der Waals surface area contributed by atoms with Crippen molar-refractivity contribution >= 4 is 11.9 Å². The number of carboxylic acids is 1. The van der Waals surface area contributed by atoms with E-state index in [0.29, 0.717) is 5.75 Å². The van der Waals surface area contributed by atoms with Crippen LogP contribution in [0.15, 0.2) is 42.5 Å². The number of hydrogen-bond acceptors (Lipinski definition) is 3. The highest BCUT2D eigenvalue weighted by Crippen LogP contribution is 2.21. The van der Waals surface area contributed by atoms with Crippen LogP contribution in [0.4, 0.5) is 4.39 Å². The lowest BCUT2D eigenvalue weighted by Gasteiger charge is -2.15. The Labute approximate surface area is 145 Å². The second-order valence-electron chi connectivity index (χ2n) is 5.74. The van der Waals surface area contributed by atoms with Crippen LogP contribution in [0.3, 0.4) is 0 Å². The normalized spacial score (nSPS) is 11.6. The lowest BCUT2D eigenvalue weighted by molar-refractivity contribution is -0.141. The maximum atomic E-state index is 13.8. The molecule has 5 nitrogen and oxygen atoms in total. The number of halogens is 1. The van der Waals surface area contributed by atoms with Crippen molar-refractivity contribution in [2.24, 2.45) is 5.92 Å². The minimum Gasteiger partial charge on any atom is -0.496 e. The Morgan fingerprint density at radius 1 is 1.24 bits per heavy atom. The number of hydrogen-bond donors (Lipinski definition) is 2. The Kier molecular flexibility index (Phi) is 6.11. The number of benzene rings is 2. The summed E-state index contributed by atoms with van der Waals surface area (Å²) < 4.78 is 19.0. The van der Waals surface area contributed by atoms with Crippen LogP contribution in [-0.4, -0.2) is 30.6 Å². The van der Waals surface area contributed by atoms with Crippen molar-refractivity contribution in [3.05, 3.63) is 65.0 Å². The molecule has 0 aliphatic rings. The van der Waals surface area contributed by atoms with E-state index in [9.17, 15) is 19.1 Å². The summed E-state index contributed by atoms with van der Waals surface area (Å²) in [6.45, 7) is 1.64. The topological polar surface area (TPSA) is 75.6 Å². The minimum atomic E-state index is -1.05. The molecule has 0 spiro atoms. The van der Waals surface area contributed by atoms with E-state index in [1.807, 2.05) is 0 Å². The molecular weight excluding hydrogens is 325 g/mol. The van der Waals surface area contributed by atoms with Crippen LogP contribution < -0.4 is 10.1 Å². The smallest absolute Gasteiger partial charge is 0.308 e. The number of amides is 1. The molecule has 1 unspecified atom stereocenters. The molecule has 132 valence electrons. The molecule has 1 amide bonds. The Balaban J connectivity index is 2.08. The summed E-state index contributed by atoms with van der Waals surface area (Å²) in [5.74, 6) is -2.58. The second-order valence-corrected chi connectivity index (χ2v) is 5.74. The number of rotatable bonds is 7. The van der Waals surface area contributed by atoms with Crippen LogP contribution in [0.1, 0.15) is 21.5 Å². The van der Waals surface area contributed by atoms with Crippen LogP contribution >= 0.6 is 0 Å². The fourth-order valence-electron chi connectivity index (χ4n) is 2.51. The lowest BCUT2D eigenvalue weighted by Crippen LogP contribution is -2.34. The van der Waals surface area contributed by atoms with Crippen molar-refractivity contribution in [3.8, 4) is 5.75 Å². The summed E-state index contributed by atoms with van der Waals surface area (Å²) in [6.07, 6.45) is 0.190. The molecular formula is C19H20FNO4. The van der Waals surface area contributed by atoms with Crippen LogP contribution in [0.2, 0.25) is 0 Å². The van der Waals surface area contributed by atoms with Gasteiger partial charge in [-0.1, -0.05) is 29.8 Å². The summed E-state index contributed by atoms with van der Waals surface area (Å²) in [5.41, 5.74) is 1.38. The Morgan fingerprint density at radius 3 is 2.64 bits per heavy atom. The van der Waals surface area contributed by atoms with Gasteiger partial charge in [0.05, 0.1) is 18.6 Å². The molecule has 0 saturated heterocycles. The van der Waals surface area contributed by atoms with Gasteiger partial charge in [-0.15, -0.1) is 0 Å². The summed E-state index contributed by atoms with van der Waals surface area (Å²) in [4.78, 5) is 23.7. The van der Waals surface area contributed by atoms with Crippen molar-refractivity contribution in [1.29, 1.82) is 0 Å². The van der Waals surface area contributed by atoms with Gasteiger partial charge in [0.25, 0.3) is 5.91 Å². The standard InChI is InChI=1S/C19H20FNO4/c1-12-7-8-16(20)15(9-12)18(22)21-11-14(19(23)24)10-13-5-3-4-6-17(13)25-2/h3-9,14H,10-11H2,1-2H3,(H,21,22)(H,23,24). The van der Waals surface area contributed by atoms with Crippen LogP contribution in [0.25, 0.3) is 0 Å². The monoisotopic (exact) mass is 345 g/mol. The first-order chi connectivity index (χ1) is 11.9. The number of carbonyl (C=O) groups is 2. The van der Waals surface area contributed by atoms with Crippen molar-refractivity contribution in [2.75, 3.05) is 13.7 Å². The van der Waals surface area contributed by atoms with Gasteiger partial charge in [0.2, 0.25) is 0 Å². The number of ether oxygens (including phenoxy) is 1. The van der Waals surface area contributed by atoms with Crippen LogP contribution in [-0.2, 0) is 11.2 Å². The maximum Gasteiger partial charge on any atom is 0.308 e. The first-order valence-corrected chi connectivity index (χ1v) is 7.81. The molecule has 0 saturated carbocycles. The average molecular weight is 345 g/mol. The summed E-state index contributed by atoms with van der Waals surface area (Å²) in [6, 6.07) is 11.3. The molecule has 2 aromatic carbocycles. The predicted octanol–water partition coefficient (Wildman–Crippen LogP) is 2.82. The third-order valence-electron chi connectivity index (χ3n) is 3.88. The zero-order valence-electron chi connectivity index (χ0n) is 14.1. The number of para-hydroxylation sites is 1. The third kappa shape index (κ3) is 4.79. The van der Waals surface area contributed by atoms with Crippen molar-refractivity contribution in [3.63, 3.8) is 0 Å². The molecule has 0 bridgehead atoms. The number of aryl methyl sites for hydroxylation is 1. The maximum absolute atomic E-state index is 13.8. The predicted molar refractivity (Wildman–Crippen MR) is 91.3 cm³/mol. The van der Waals surface area contributed by atoms with Crippen molar-refractivity contribution in [2.45, 2.75) is 13.3 Å². The van der Waals surface area contributed by atoms with Gasteiger partial charge in [-0.3, -0.25) is 9.59 Å². The number of nitrogens with one attached hydrogen (secondary N) is 1. The summed E-state index contributed by atoms with van der Waals surface area (Å²) in [5, 5.41) is 11.9. The molecule has 2 rings (SSSR count). The van der Waals surface area contributed by atoms with Crippen molar-refractivity contribution in [1.82, 2.24) is 5.32 Å². The van der Waals surface area contributed by atoms with E-state index >= 15 is 0 Å². The zero-order chi connectivity index (χ0) is 18.4. The highest BCUT2D eigenvalue weighted by atomic mass is 19.1. The van der Waals surface area contributed by atoms with Gasteiger partial charge in [0.1, 0.15) is 11.6 Å². The molecule has 25 heavy (non-hydrogen) atoms. The molecule has 0 fully saturated rings. The largest absolute Gasteiger partial charge is 0.496 e. The highest BCUT2D eigenvalue weighted by Gasteiger charge is 2.21. The number of aliphatic carboxylic acids is 1. The average Bonchev–Trinajstić information content (AvgIpc) is 2.60. The Morgan fingerprint density at radius 2 is 1.96 bits per heavy atom. The second kappa shape index (κ2) is 8.28. The first kappa shape index (κ1) is 18.4. The van der Waals surface area contributed by atoms with E-state index in [4.69, 9.17) is 4.74 Å². The number of carboxylic acid groups (broad SMARTS) is 1. The minimum absolute atomic E-state index is 0.0959. The lowest BCUT2D eigenvalue weighted by atomic mass is 9.98. The van der Waals surface area contributed by atoms with Gasteiger partial charge < -0.3 is 15.2 Å². The Bertz CT molecular complexity index is 776. The molecule has 6 heteroatoms.